The quantitative estimate of drug-likeness (QED) is 0.405. The van der Waals surface area contributed by atoms with Gasteiger partial charge in [-0.2, -0.15) is 0 Å². The lowest BCUT2D eigenvalue weighted by molar-refractivity contribution is -0.135. The van der Waals surface area contributed by atoms with Crippen molar-refractivity contribution >= 4 is 5.97 Å². The molecule has 66 valence electrons. The highest BCUT2D eigenvalue weighted by molar-refractivity contribution is 5.90. The minimum absolute atomic E-state index is 0.181. The van der Waals surface area contributed by atoms with E-state index in [1.54, 1.807) is 0 Å². The van der Waals surface area contributed by atoms with Crippen molar-refractivity contribution in [2.75, 3.05) is 6.61 Å². The fourth-order valence-electron chi connectivity index (χ4n) is 1.61. The molecule has 2 aliphatic rings. The maximum atomic E-state index is 11.1. The van der Waals surface area contributed by atoms with Gasteiger partial charge in [0.2, 0.25) is 0 Å². The summed E-state index contributed by atoms with van der Waals surface area (Å²) >= 11 is 0. The molecular weight excluding hydrogens is 156 g/mol. The van der Waals surface area contributed by atoms with Gasteiger partial charge in [0.1, 0.15) is 5.76 Å². The first-order chi connectivity index (χ1) is 5.77. The highest BCUT2D eigenvalue weighted by Gasteiger charge is 2.28. The van der Waals surface area contributed by atoms with Crippen molar-refractivity contribution in [1.29, 1.82) is 0 Å². The van der Waals surface area contributed by atoms with E-state index in [0.29, 0.717) is 6.61 Å². The summed E-state index contributed by atoms with van der Waals surface area (Å²) in [6.45, 7) is 2.54. The van der Waals surface area contributed by atoms with Crippen LogP contribution in [0.25, 0.3) is 0 Å². The van der Waals surface area contributed by atoms with Gasteiger partial charge in [0.15, 0.2) is 0 Å². The van der Waals surface area contributed by atoms with Crippen LogP contribution in [0.5, 0.6) is 0 Å². The molecular formula is C9H12O3. The maximum Gasteiger partial charge on any atom is 0.337 e. The molecule has 2 rings (SSSR count). The summed E-state index contributed by atoms with van der Waals surface area (Å²) in [5.74, 6) is 0.684. The highest BCUT2D eigenvalue weighted by atomic mass is 16.5. The molecule has 0 radical (unpaired) electrons. The number of esters is 1. The molecule has 0 aromatic rings. The second-order valence-electron chi connectivity index (χ2n) is 3.25. The standard InChI is InChI=1S/C9H12O3/c1-6-2-3-8(12-6)7-4-5-11-9(7)10/h6H,2-5H2,1H3/b8-7-. The van der Waals surface area contributed by atoms with Gasteiger partial charge >= 0.3 is 5.97 Å². The summed E-state index contributed by atoms with van der Waals surface area (Å²) in [5.41, 5.74) is 0.763. The smallest absolute Gasteiger partial charge is 0.337 e. The molecule has 0 saturated carbocycles. The molecule has 1 unspecified atom stereocenters. The minimum atomic E-state index is -0.181. The van der Waals surface area contributed by atoms with Gasteiger partial charge in [-0.1, -0.05) is 0 Å². The molecule has 0 aliphatic carbocycles. The van der Waals surface area contributed by atoms with Crippen LogP contribution in [0.15, 0.2) is 11.3 Å². The second kappa shape index (κ2) is 2.81. The molecule has 0 aromatic carbocycles. The van der Waals surface area contributed by atoms with Crippen LogP contribution >= 0.6 is 0 Å². The Labute approximate surface area is 71.3 Å². The lowest BCUT2D eigenvalue weighted by Gasteiger charge is -2.04. The molecule has 3 heteroatoms. The van der Waals surface area contributed by atoms with Crippen molar-refractivity contribution in [3.05, 3.63) is 11.3 Å². The first-order valence-corrected chi connectivity index (χ1v) is 4.33. The number of carbonyl (C=O) groups excluding carboxylic acids is 1. The Kier molecular flexibility index (Phi) is 1.79. The molecule has 2 fully saturated rings. The third kappa shape index (κ3) is 1.19. The second-order valence-corrected chi connectivity index (χ2v) is 3.25. The first kappa shape index (κ1) is 7.65. The molecule has 2 heterocycles. The van der Waals surface area contributed by atoms with Gasteiger partial charge in [-0.15, -0.1) is 0 Å². The van der Waals surface area contributed by atoms with Gasteiger partial charge in [0, 0.05) is 12.8 Å². The first-order valence-electron chi connectivity index (χ1n) is 4.33. The fourth-order valence-corrected chi connectivity index (χ4v) is 1.61. The van der Waals surface area contributed by atoms with Crippen molar-refractivity contribution in [3.8, 4) is 0 Å². The van der Waals surface area contributed by atoms with E-state index >= 15 is 0 Å². The number of hydrogen-bond donors (Lipinski definition) is 0. The van der Waals surface area contributed by atoms with E-state index < -0.39 is 0 Å². The molecule has 0 amide bonds. The van der Waals surface area contributed by atoms with Crippen LogP contribution in [0.4, 0.5) is 0 Å². The van der Waals surface area contributed by atoms with Crippen molar-refractivity contribution < 1.29 is 14.3 Å². The summed E-state index contributed by atoms with van der Waals surface area (Å²) in [5, 5.41) is 0. The molecule has 0 bridgehead atoms. The predicted molar refractivity (Wildman–Crippen MR) is 42.4 cm³/mol. The summed E-state index contributed by atoms with van der Waals surface area (Å²) in [7, 11) is 0. The third-order valence-corrected chi connectivity index (χ3v) is 2.29. The van der Waals surface area contributed by atoms with Crippen LogP contribution in [0.3, 0.4) is 0 Å². The SMILES string of the molecule is CC1CC/C(=C2\CCOC2=O)O1. The van der Waals surface area contributed by atoms with Gasteiger partial charge in [0.25, 0.3) is 0 Å². The monoisotopic (exact) mass is 168 g/mol. The number of cyclic esters (lactones) is 1. The topological polar surface area (TPSA) is 35.5 Å². The molecule has 2 aliphatic heterocycles. The molecule has 3 nitrogen and oxygen atoms in total. The largest absolute Gasteiger partial charge is 0.494 e. The lowest BCUT2D eigenvalue weighted by atomic mass is 10.1. The molecule has 0 spiro atoms. The van der Waals surface area contributed by atoms with Crippen LogP contribution in [0, 0.1) is 0 Å². The Hall–Kier alpha value is -0.990. The Bertz CT molecular complexity index is 242. The zero-order valence-electron chi connectivity index (χ0n) is 7.13. The molecule has 12 heavy (non-hydrogen) atoms. The number of allylic oxidation sites excluding steroid dienone is 1. The van der Waals surface area contributed by atoms with Crippen LogP contribution in [0.2, 0.25) is 0 Å². The maximum absolute atomic E-state index is 11.1. The van der Waals surface area contributed by atoms with Gasteiger partial charge in [-0.05, 0) is 13.3 Å². The van der Waals surface area contributed by atoms with E-state index in [-0.39, 0.29) is 12.1 Å². The number of ether oxygens (including phenoxy) is 2. The van der Waals surface area contributed by atoms with E-state index in [9.17, 15) is 4.79 Å². The summed E-state index contributed by atoms with van der Waals surface area (Å²) in [6, 6.07) is 0. The van der Waals surface area contributed by atoms with E-state index in [2.05, 4.69) is 0 Å². The lowest BCUT2D eigenvalue weighted by Crippen LogP contribution is -2.01. The average molecular weight is 168 g/mol. The zero-order chi connectivity index (χ0) is 8.55. The molecule has 1 atom stereocenters. The molecule has 0 N–H and O–H groups in total. The summed E-state index contributed by atoms with van der Waals surface area (Å²) in [4.78, 5) is 11.1. The summed E-state index contributed by atoms with van der Waals surface area (Å²) < 4.78 is 10.3. The van der Waals surface area contributed by atoms with Crippen molar-refractivity contribution in [2.45, 2.75) is 32.3 Å². The predicted octanol–water partition coefficient (Wildman–Crippen LogP) is 1.39. The third-order valence-electron chi connectivity index (χ3n) is 2.29. The van der Waals surface area contributed by atoms with Crippen LogP contribution in [-0.4, -0.2) is 18.7 Å². The number of carbonyl (C=O) groups is 1. The Morgan fingerprint density at radius 1 is 1.42 bits per heavy atom. The zero-order valence-corrected chi connectivity index (χ0v) is 7.13. The number of hydrogen-bond acceptors (Lipinski definition) is 3. The highest BCUT2D eigenvalue weighted by Crippen LogP contribution is 2.29. The Morgan fingerprint density at radius 2 is 2.25 bits per heavy atom. The average Bonchev–Trinajstić information content (AvgIpc) is 2.58. The van der Waals surface area contributed by atoms with Crippen LogP contribution < -0.4 is 0 Å². The van der Waals surface area contributed by atoms with Crippen molar-refractivity contribution in [2.24, 2.45) is 0 Å². The minimum Gasteiger partial charge on any atom is -0.494 e. The fraction of sp³-hybridized carbons (Fsp3) is 0.667. The molecule has 0 aromatic heterocycles. The van der Waals surface area contributed by atoms with Gasteiger partial charge in [-0.25, -0.2) is 4.79 Å². The van der Waals surface area contributed by atoms with Gasteiger partial charge < -0.3 is 9.47 Å². The van der Waals surface area contributed by atoms with Crippen molar-refractivity contribution in [3.63, 3.8) is 0 Å². The van der Waals surface area contributed by atoms with Crippen LogP contribution in [0.1, 0.15) is 26.2 Å². The van der Waals surface area contributed by atoms with E-state index in [4.69, 9.17) is 9.47 Å². The molecule has 2 saturated heterocycles. The van der Waals surface area contributed by atoms with Gasteiger partial charge in [-0.3, -0.25) is 0 Å². The Morgan fingerprint density at radius 3 is 2.75 bits per heavy atom. The number of rotatable bonds is 0. The van der Waals surface area contributed by atoms with E-state index in [1.807, 2.05) is 6.92 Å². The van der Waals surface area contributed by atoms with E-state index in [1.165, 1.54) is 0 Å². The van der Waals surface area contributed by atoms with Gasteiger partial charge in [0.05, 0.1) is 18.3 Å². The van der Waals surface area contributed by atoms with Crippen LogP contribution in [-0.2, 0) is 14.3 Å². The van der Waals surface area contributed by atoms with Crippen molar-refractivity contribution in [1.82, 2.24) is 0 Å². The normalized spacial score (nSPS) is 35.1. The van der Waals surface area contributed by atoms with E-state index in [0.717, 1.165) is 30.6 Å². The Balaban J connectivity index is 2.19. The summed E-state index contributed by atoms with van der Waals surface area (Å²) in [6.07, 6.45) is 2.90.